The number of rotatable bonds is 2. The Balaban J connectivity index is 3.92. The molecule has 0 unspecified atom stereocenters. The Labute approximate surface area is 48.9 Å². The molecule has 46 valence electrons. The van der Waals surface area contributed by atoms with Crippen molar-refractivity contribution in [2.75, 3.05) is 7.05 Å². The van der Waals surface area contributed by atoms with Crippen LogP contribution < -0.4 is 0 Å². The molecule has 2 heteroatoms. The van der Waals surface area contributed by atoms with Crippen molar-refractivity contribution in [3.05, 3.63) is 12.4 Å². The van der Waals surface area contributed by atoms with E-state index in [1.54, 1.807) is 7.05 Å². The smallest absolute Gasteiger partial charge is 0.137 e. The van der Waals surface area contributed by atoms with E-state index in [-0.39, 0.29) is 0 Å². The van der Waals surface area contributed by atoms with Crippen molar-refractivity contribution >= 4 is 5.71 Å². The molecule has 0 bridgehead atoms. The van der Waals surface area contributed by atoms with E-state index in [9.17, 15) is 4.39 Å². The van der Waals surface area contributed by atoms with Crippen LogP contribution in [0.5, 0.6) is 0 Å². The molecule has 0 aliphatic heterocycles. The third kappa shape index (κ3) is 1.87. The van der Waals surface area contributed by atoms with E-state index < -0.39 is 5.83 Å². The molecule has 0 saturated carbocycles. The van der Waals surface area contributed by atoms with Gasteiger partial charge in [0.2, 0.25) is 0 Å². The van der Waals surface area contributed by atoms with Crippen LogP contribution in [0.3, 0.4) is 0 Å². The zero-order chi connectivity index (χ0) is 6.57. The maximum absolute atomic E-state index is 12.0. The van der Waals surface area contributed by atoms with Gasteiger partial charge in [-0.1, -0.05) is 13.5 Å². The predicted octanol–water partition coefficient (Wildman–Crippen LogP) is 1.95. The van der Waals surface area contributed by atoms with Crippen LogP contribution in [0.4, 0.5) is 4.39 Å². The van der Waals surface area contributed by atoms with E-state index in [0.717, 1.165) is 0 Å². The van der Waals surface area contributed by atoms with E-state index in [1.807, 2.05) is 6.92 Å². The van der Waals surface area contributed by atoms with Crippen LogP contribution in [0.1, 0.15) is 13.3 Å². The van der Waals surface area contributed by atoms with E-state index in [1.165, 1.54) is 0 Å². The molecule has 8 heavy (non-hydrogen) atoms. The van der Waals surface area contributed by atoms with Gasteiger partial charge in [-0.3, -0.25) is 4.99 Å². The van der Waals surface area contributed by atoms with Gasteiger partial charge in [-0.2, -0.15) is 0 Å². The van der Waals surface area contributed by atoms with Gasteiger partial charge in [0.25, 0.3) is 0 Å². The van der Waals surface area contributed by atoms with Crippen molar-refractivity contribution < 1.29 is 4.39 Å². The average molecular weight is 115 g/mol. The largest absolute Gasteiger partial charge is 0.290 e. The summed E-state index contributed by atoms with van der Waals surface area (Å²) in [6.07, 6.45) is 0.617. The summed E-state index contributed by atoms with van der Waals surface area (Å²) in [5.74, 6) is -0.421. The summed E-state index contributed by atoms with van der Waals surface area (Å²) in [6.45, 7) is 4.94. The Hall–Kier alpha value is -0.660. The fourth-order valence-electron chi connectivity index (χ4n) is 0.471. The van der Waals surface area contributed by atoms with Crippen LogP contribution in [0, 0.1) is 0 Å². The SMILES string of the molecule is C=C(F)C(CC)=NC. The molecule has 0 fully saturated rings. The van der Waals surface area contributed by atoms with E-state index in [2.05, 4.69) is 11.6 Å². The third-order valence-electron chi connectivity index (χ3n) is 0.918. The van der Waals surface area contributed by atoms with Gasteiger partial charge in [-0.25, -0.2) is 4.39 Å². The zero-order valence-corrected chi connectivity index (χ0v) is 5.24. The van der Waals surface area contributed by atoms with Crippen LogP contribution in [0.15, 0.2) is 17.4 Å². The lowest BCUT2D eigenvalue weighted by molar-refractivity contribution is 0.681. The Bertz CT molecular complexity index is 116. The number of allylic oxidation sites excluding steroid dienone is 1. The topological polar surface area (TPSA) is 12.4 Å². The van der Waals surface area contributed by atoms with Crippen molar-refractivity contribution in [3.8, 4) is 0 Å². The molecule has 0 aliphatic carbocycles. The van der Waals surface area contributed by atoms with Crippen molar-refractivity contribution in [1.82, 2.24) is 0 Å². The van der Waals surface area contributed by atoms with Gasteiger partial charge >= 0.3 is 0 Å². The molecule has 0 aromatic rings. The first kappa shape index (κ1) is 7.34. The average Bonchev–Trinajstić information content (AvgIpc) is 1.69. The van der Waals surface area contributed by atoms with Crippen LogP contribution in [-0.2, 0) is 0 Å². The van der Waals surface area contributed by atoms with Crippen molar-refractivity contribution in [3.63, 3.8) is 0 Å². The summed E-state index contributed by atoms with van der Waals surface area (Å²) in [5, 5.41) is 0. The molecule has 0 heterocycles. The van der Waals surface area contributed by atoms with Crippen molar-refractivity contribution in [1.29, 1.82) is 0 Å². The Morgan fingerprint density at radius 1 is 1.75 bits per heavy atom. The predicted molar refractivity (Wildman–Crippen MR) is 33.9 cm³/mol. The zero-order valence-electron chi connectivity index (χ0n) is 5.24. The van der Waals surface area contributed by atoms with Crippen LogP contribution in [-0.4, -0.2) is 12.8 Å². The summed E-state index contributed by atoms with van der Waals surface area (Å²) in [4.78, 5) is 3.65. The normalized spacial score (nSPS) is 11.6. The number of aliphatic imine (C=N–C) groups is 1. The first-order valence-electron chi connectivity index (χ1n) is 2.52. The minimum atomic E-state index is -0.421. The highest BCUT2D eigenvalue weighted by Gasteiger charge is 1.95. The van der Waals surface area contributed by atoms with E-state index >= 15 is 0 Å². The molecule has 1 nitrogen and oxygen atoms in total. The standard InChI is InChI=1S/C6H10FN/c1-4-6(8-3)5(2)7/h2,4H2,1,3H3. The lowest BCUT2D eigenvalue weighted by atomic mass is 10.3. The van der Waals surface area contributed by atoms with Gasteiger partial charge in [0, 0.05) is 7.05 Å². The van der Waals surface area contributed by atoms with Gasteiger partial charge in [0.05, 0.1) is 5.71 Å². The number of hydrogen-bond donors (Lipinski definition) is 0. The number of nitrogens with zero attached hydrogens (tertiary/aromatic N) is 1. The minimum Gasteiger partial charge on any atom is -0.290 e. The summed E-state index contributed by atoms with van der Waals surface area (Å²) in [5.41, 5.74) is 0.449. The third-order valence-corrected chi connectivity index (χ3v) is 0.918. The second-order valence-electron chi connectivity index (χ2n) is 1.43. The molecule has 0 rings (SSSR count). The molecular formula is C6H10FN. The lowest BCUT2D eigenvalue weighted by Gasteiger charge is -1.92. The van der Waals surface area contributed by atoms with Gasteiger partial charge in [0.1, 0.15) is 5.83 Å². The molecule has 0 atom stereocenters. The first-order valence-corrected chi connectivity index (χ1v) is 2.52. The van der Waals surface area contributed by atoms with Crippen molar-refractivity contribution in [2.45, 2.75) is 13.3 Å². The minimum absolute atomic E-state index is 0.421. The Kier molecular flexibility index (Phi) is 3.08. The molecule has 0 aromatic heterocycles. The molecule has 0 amide bonds. The van der Waals surface area contributed by atoms with Gasteiger partial charge in [-0.05, 0) is 6.42 Å². The highest BCUT2D eigenvalue weighted by Crippen LogP contribution is 1.98. The molecule has 0 N–H and O–H groups in total. The molecule has 0 aromatic carbocycles. The highest BCUT2D eigenvalue weighted by atomic mass is 19.1. The van der Waals surface area contributed by atoms with Crippen LogP contribution >= 0.6 is 0 Å². The fraction of sp³-hybridized carbons (Fsp3) is 0.500. The summed E-state index contributed by atoms with van der Waals surface area (Å²) in [6, 6.07) is 0. The van der Waals surface area contributed by atoms with E-state index in [0.29, 0.717) is 12.1 Å². The van der Waals surface area contributed by atoms with Crippen LogP contribution in [0.2, 0.25) is 0 Å². The van der Waals surface area contributed by atoms with Gasteiger partial charge in [-0.15, -0.1) is 0 Å². The monoisotopic (exact) mass is 115 g/mol. The molecule has 0 aliphatic rings. The van der Waals surface area contributed by atoms with Crippen molar-refractivity contribution in [2.24, 2.45) is 4.99 Å². The Morgan fingerprint density at radius 3 is 2.25 bits per heavy atom. The van der Waals surface area contributed by atoms with Gasteiger partial charge in [0.15, 0.2) is 0 Å². The number of hydrogen-bond acceptors (Lipinski definition) is 1. The van der Waals surface area contributed by atoms with E-state index in [4.69, 9.17) is 0 Å². The number of halogens is 1. The molecular weight excluding hydrogens is 105 g/mol. The quantitative estimate of drug-likeness (QED) is 0.488. The highest BCUT2D eigenvalue weighted by molar-refractivity contribution is 5.97. The summed E-state index contributed by atoms with van der Waals surface area (Å²) in [7, 11) is 1.56. The molecule has 0 radical (unpaired) electrons. The molecule has 0 spiro atoms. The summed E-state index contributed by atoms with van der Waals surface area (Å²) >= 11 is 0. The first-order chi connectivity index (χ1) is 3.72. The summed E-state index contributed by atoms with van der Waals surface area (Å²) < 4.78 is 12.0. The maximum atomic E-state index is 12.0. The Morgan fingerprint density at radius 2 is 2.25 bits per heavy atom. The second-order valence-corrected chi connectivity index (χ2v) is 1.43. The van der Waals surface area contributed by atoms with Gasteiger partial charge < -0.3 is 0 Å². The molecule has 0 saturated heterocycles. The van der Waals surface area contributed by atoms with Crippen LogP contribution in [0.25, 0.3) is 0 Å². The lowest BCUT2D eigenvalue weighted by Crippen LogP contribution is -1.93. The second kappa shape index (κ2) is 3.36. The fourth-order valence-corrected chi connectivity index (χ4v) is 0.471. The maximum Gasteiger partial charge on any atom is 0.137 e.